The van der Waals surface area contributed by atoms with E-state index in [9.17, 15) is 9.59 Å². The van der Waals surface area contributed by atoms with Gasteiger partial charge in [-0.25, -0.2) is 0 Å². The molecule has 0 saturated carbocycles. The summed E-state index contributed by atoms with van der Waals surface area (Å²) in [5.74, 6) is 1.61. The predicted molar refractivity (Wildman–Crippen MR) is 120 cm³/mol. The van der Waals surface area contributed by atoms with Crippen LogP contribution in [0.4, 0.5) is 0 Å². The smallest absolute Gasteiger partial charge is 0.263 e. The van der Waals surface area contributed by atoms with Crippen molar-refractivity contribution in [3.63, 3.8) is 0 Å². The van der Waals surface area contributed by atoms with Gasteiger partial charge in [0.15, 0.2) is 5.16 Å². The number of para-hydroxylation sites is 1. The van der Waals surface area contributed by atoms with Crippen LogP contribution in [0, 0.1) is 11.8 Å². The number of aromatic nitrogens is 4. The lowest BCUT2D eigenvalue weighted by molar-refractivity contribution is -0.132. The molecule has 0 radical (unpaired) electrons. The lowest BCUT2D eigenvalue weighted by Gasteiger charge is -2.36. The van der Waals surface area contributed by atoms with Gasteiger partial charge in [-0.05, 0) is 37.3 Å². The molecule has 4 rings (SSSR count). The third-order valence-corrected chi connectivity index (χ3v) is 6.63. The second kappa shape index (κ2) is 8.26. The molecule has 158 valence electrons. The summed E-state index contributed by atoms with van der Waals surface area (Å²) in [6, 6.07) is 7.42. The van der Waals surface area contributed by atoms with Gasteiger partial charge in [0.2, 0.25) is 11.7 Å². The first-order chi connectivity index (χ1) is 14.4. The number of nitrogens with zero attached hydrogens (tertiary/aromatic N) is 5. The summed E-state index contributed by atoms with van der Waals surface area (Å²) in [4.78, 5) is 28.0. The average molecular weight is 426 g/mol. The molecule has 3 unspecified atom stereocenters. The molecule has 1 aromatic carbocycles. The van der Waals surface area contributed by atoms with E-state index in [4.69, 9.17) is 0 Å². The van der Waals surface area contributed by atoms with E-state index in [1.807, 2.05) is 34.4 Å². The number of hydrogen-bond donors (Lipinski definition) is 0. The van der Waals surface area contributed by atoms with E-state index in [1.54, 1.807) is 16.7 Å². The number of amides is 1. The predicted octanol–water partition coefficient (Wildman–Crippen LogP) is 3.22. The summed E-state index contributed by atoms with van der Waals surface area (Å²) in [5.41, 5.74) is 0.618. The van der Waals surface area contributed by atoms with Gasteiger partial charge in [-0.2, -0.15) is 0 Å². The zero-order valence-corrected chi connectivity index (χ0v) is 18.4. The van der Waals surface area contributed by atoms with Crippen LogP contribution in [0.1, 0.15) is 27.2 Å². The molecule has 1 saturated heterocycles. The van der Waals surface area contributed by atoms with Gasteiger partial charge in [0.05, 0.1) is 16.2 Å². The highest BCUT2D eigenvalue weighted by Crippen LogP contribution is 2.28. The van der Waals surface area contributed by atoms with E-state index in [-0.39, 0.29) is 16.7 Å². The summed E-state index contributed by atoms with van der Waals surface area (Å²) in [6.45, 7) is 12.0. The minimum atomic E-state index is -0.298. The Hall–Kier alpha value is -2.61. The Bertz CT molecular complexity index is 1160. The third-order valence-electron chi connectivity index (χ3n) is 5.60. The zero-order chi connectivity index (χ0) is 21.4. The largest absolute Gasteiger partial charge is 0.341 e. The van der Waals surface area contributed by atoms with Gasteiger partial charge in [-0.3, -0.25) is 18.6 Å². The van der Waals surface area contributed by atoms with Gasteiger partial charge in [0.25, 0.3) is 5.56 Å². The van der Waals surface area contributed by atoms with Crippen molar-refractivity contribution in [2.24, 2.45) is 11.8 Å². The van der Waals surface area contributed by atoms with E-state index >= 15 is 0 Å². The molecule has 0 spiro atoms. The van der Waals surface area contributed by atoms with E-state index in [0.29, 0.717) is 34.7 Å². The lowest BCUT2D eigenvalue weighted by atomic mass is 9.92. The Labute approximate surface area is 179 Å². The number of fused-ring (bicyclic) bond motifs is 3. The maximum atomic E-state index is 13.1. The number of rotatable bonds is 5. The van der Waals surface area contributed by atoms with Crippen LogP contribution in [0.3, 0.4) is 0 Å². The topological polar surface area (TPSA) is 72.5 Å². The Kier molecular flexibility index (Phi) is 5.69. The number of thioether (sulfide) groups is 1. The van der Waals surface area contributed by atoms with Crippen LogP contribution in [-0.4, -0.2) is 48.3 Å². The minimum absolute atomic E-state index is 0.123. The van der Waals surface area contributed by atoms with Crippen molar-refractivity contribution in [3.05, 3.63) is 47.3 Å². The van der Waals surface area contributed by atoms with Crippen LogP contribution < -0.4 is 5.56 Å². The van der Waals surface area contributed by atoms with Crippen molar-refractivity contribution in [1.82, 2.24) is 24.1 Å². The van der Waals surface area contributed by atoms with Crippen molar-refractivity contribution < 1.29 is 4.79 Å². The molecule has 7 nitrogen and oxygen atoms in total. The first kappa shape index (κ1) is 20.7. The second-order valence-electron chi connectivity index (χ2n) is 8.29. The fourth-order valence-electron chi connectivity index (χ4n) is 4.41. The van der Waals surface area contributed by atoms with Crippen LogP contribution in [-0.2, 0) is 11.3 Å². The zero-order valence-electron chi connectivity index (χ0n) is 17.6. The SMILES string of the molecule is C=CCn1c(=O)c2ccccc2n2c(SC(C)C(=O)N3CC(C)CC(C)C3)nnc12. The van der Waals surface area contributed by atoms with Crippen LogP contribution in [0.25, 0.3) is 16.7 Å². The fraction of sp³-hybridized carbons (Fsp3) is 0.455. The molecule has 3 heterocycles. The molecular formula is C22H27N5O2S. The summed E-state index contributed by atoms with van der Waals surface area (Å²) < 4.78 is 3.43. The van der Waals surface area contributed by atoms with Crippen molar-refractivity contribution in [2.45, 2.75) is 44.1 Å². The third kappa shape index (κ3) is 3.64. The maximum Gasteiger partial charge on any atom is 0.263 e. The van der Waals surface area contributed by atoms with Crippen LogP contribution in [0.2, 0.25) is 0 Å². The molecule has 3 atom stereocenters. The first-order valence-electron chi connectivity index (χ1n) is 10.3. The van der Waals surface area contributed by atoms with Crippen LogP contribution >= 0.6 is 11.8 Å². The van der Waals surface area contributed by atoms with E-state index in [2.05, 4.69) is 30.6 Å². The van der Waals surface area contributed by atoms with E-state index < -0.39 is 0 Å². The second-order valence-corrected chi connectivity index (χ2v) is 9.60. The van der Waals surface area contributed by atoms with Crippen LogP contribution in [0.15, 0.2) is 46.9 Å². The normalized spacial score (nSPS) is 20.6. The monoisotopic (exact) mass is 425 g/mol. The number of allylic oxidation sites excluding steroid dienone is 1. The average Bonchev–Trinajstić information content (AvgIpc) is 3.13. The molecule has 30 heavy (non-hydrogen) atoms. The number of piperidine rings is 1. The lowest BCUT2D eigenvalue weighted by Crippen LogP contribution is -2.45. The molecule has 0 aliphatic carbocycles. The van der Waals surface area contributed by atoms with Crippen molar-refractivity contribution in [3.8, 4) is 0 Å². The Morgan fingerprint density at radius 1 is 1.27 bits per heavy atom. The van der Waals surface area contributed by atoms with Gasteiger partial charge >= 0.3 is 0 Å². The number of likely N-dealkylation sites (tertiary alicyclic amines) is 1. The molecular weight excluding hydrogens is 398 g/mol. The quantitative estimate of drug-likeness (QED) is 0.464. The Balaban J connectivity index is 1.72. The number of benzene rings is 1. The highest BCUT2D eigenvalue weighted by Gasteiger charge is 2.30. The molecule has 1 fully saturated rings. The summed E-state index contributed by atoms with van der Waals surface area (Å²) in [6.07, 6.45) is 2.83. The first-order valence-corrected chi connectivity index (χ1v) is 11.2. The number of hydrogen-bond acceptors (Lipinski definition) is 5. The molecule has 2 aromatic heterocycles. The molecule has 0 N–H and O–H groups in total. The molecule has 3 aromatic rings. The Morgan fingerprint density at radius 2 is 1.97 bits per heavy atom. The van der Waals surface area contributed by atoms with Gasteiger partial charge in [-0.1, -0.05) is 43.8 Å². The molecule has 0 bridgehead atoms. The standard InChI is InChI=1S/C22H27N5O2S/c1-5-10-26-20(29)17-8-6-7-9-18(17)27-21(26)23-24-22(27)30-16(4)19(28)25-12-14(2)11-15(3)13-25/h5-9,14-16H,1,10-13H2,2-4H3. The fourth-order valence-corrected chi connectivity index (χ4v) is 5.35. The highest BCUT2D eigenvalue weighted by atomic mass is 32.2. The minimum Gasteiger partial charge on any atom is -0.341 e. The van der Waals surface area contributed by atoms with E-state index in [1.165, 1.54) is 11.8 Å². The van der Waals surface area contributed by atoms with Crippen molar-refractivity contribution in [1.29, 1.82) is 0 Å². The Morgan fingerprint density at radius 3 is 2.67 bits per heavy atom. The summed E-state index contributed by atoms with van der Waals surface area (Å²) >= 11 is 1.39. The summed E-state index contributed by atoms with van der Waals surface area (Å²) in [5, 5.41) is 9.52. The molecule has 1 aliphatic rings. The summed E-state index contributed by atoms with van der Waals surface area (Å²) in [7, 11) is 0. The highest BCUT2D eigenvalue weighted by molar-refractivity contribution is 8.00. The number of carbonyl (C=O) groups excluding carboxylic acids is 1. The van der Waals surface area contributed by atoms with Crippen molar-refractivity contribution in [2.75, 3.05) is 13.1 Å². The molecule has 8 heteroatoms. The van der Waals surface area contributed by atoms with Gasteiger partial charge in [0, 0.05) is 19.6 Å². The maximum absolute atomic E-state index is 13.1. The van der Waals surface area contributed by atoms with Crippen molar-refractivity contribution >= 4 is 34.3 Å². The van der Waals surface area contributed by atoms with Gasteiger partial charge < -0.3 is 4.90 Å². The van der Waals surface area contributed by atoms with Gasteiger partial charge in [0.1, 0.15) is 0 Å². The molecule has 1 amide bonds. The van der Waals surface area contributed by atoms with E-state index in [0.717, 1.165) is 25.0 Å². The van der Waals surface area contributed by atoms with Crippen LogP contribution in [0.5, 0.6) is 0 Å². The van der Waals surface area contributed by atoms with Gasteiger partial charge in [-0.15, -0.1) is 16.8 Å². The molecule has 1 aliphatic heterocycles. The number of carbonyl (C=O) groups is 1.